The summed E-state index contributed by atoms with van der Waals surface area (Å²) < 4.78 is 5.37. The van der Waals surface area contributed by atoms with Crippen molar-refractivity contribution in [2.75, 3.05) is 13.7 Å². The van der Waals surface area contributed by atoms with Crippen LogP contribution in [0.25, 0.3) is 10.6 Å². The largest absolute Gasteiger partial charge is 0.508 e. The molecule has 0 fully saturated rings. The summed E-state index contributed by atoms with van der Waals surface area (Å²) in [6.45, 7) is 1.83. The van der Waals surface area contributed by atoms with Gasteiger partial charge < -0.3 is 9.84 Å². The fourth-order valence-corrected chi connectivity index (χ4v) is 3.67. The average Bonchev–Trinajstić information content (AvgIpc) is 3.04. The molecular formula is C20H17ClN2O3S. The number of aromatic hydroxyl groups is 1. The van der Waals surface area contributed by atoms with Crippen molar-refractivity contribution >= 4 is 34.9 Å². The van der Waals surface area contributed by atoms with Gasteiger partial charge in [0.15, 0.2) is 5.78 Å². The highest BCUT2D eigenvalue weighted by atomic mass is 35.5. The Morgan fingerprint density at radius 1 is 1.30 bits per heavy atom. The van der Waals surface area contributed by atoms with Crippen LogP contribution < -0.4 is 4.74 Å². The predicted molar refractivity (Wildman–Crippen MR) is 109 cm³/mol. The van der Waals surface area contributed by atoms with Gasteiger partial charge in [-0.25, -0.2) is 4.98 Å². The lowest BCUT2D eigenvalue weighted by Gasteiger charge is -2.05. The van der Waals surface area contributed by atoms with Gasteiger partial charge in [0.25, 0.3) is 0 Å². The maximum atomic E-state index is 12.5. The molecule has 1 heterocycles. The van der Waals surface area contributed by atoms with Gasteiger partial charge in [0.05, 0.1) is 23.2 Å². The second kappa shape index (κ2) is 8.33. The van der Waals surface area contributed by atoms with Gasteiger partial charge >= 0.3 is 0 Å². The molecule has 3 aromatic rings. The van der Waals surface area contributed by atoms with Crippen molar-refractivity contribution < 1.29 is 14.6 Å². The molecule has 0 aliphatic heterocycles. The van der Waals surface area contributed by atoms with Gasteiger partial charge in [-0.15, -0.1) is 11.3 Å². The minimum absolute atomic E-state index is 0.0289. The van der Waals surface area contributed by atoms with E-state index in [1.54, 1.807) is 56.6 Å². The Balaban J connectivity index is 1.78. The molecule has 0 bridgehead atoms. The van der Waals surface area contributed by atoms with E-state index < -0.39 is 0 Å². The Kier molecular flexibility index (Phi) is 5.88. The third-order valence-corrected chi connectivity index (χ3v) is 5.28. The zero-order valence-electron chi connectivity index (χ0n) is 14.8. The lowest BCUT2D eigenvalue weighted by Crippen LogP contribution is -2.03. The number of Topliss-reactive ketones (excluding diaryl/α,β-unsaturated/α-hetero) is 1. The first-order chi connectivity index (χ1) is 13.0. The Labute approximate surface area is 165 Å². The van der Waals surface area contributed by atoms with Gasteiger partial charge in [-0.3, -0.25) is 9.79 Å². The van der Waals surface area contributed by atoms with E-state index in [4.69, 9.17) is 16.3 Å². The van der Waals surface area contributed by atoms with Crippen LogP contribution >= 0.6 is 22.9 Å². The van der Waals surface area contributed by atoms with Crippen molar-refractivity contribution in [2.24, 2.45) is 4.99 Å². The quantitative estimate of drug-likeness (QED) is 0.477. The maximum Gasteiger partial charge on any atom is 0.196 e. The van der Waals surface area contributed by atoms with E-state index in [9.17, 15) is 9.90 Å². The highest BCUT2D eigenvalue weighted by molar-refractivity contribution is 7.17. The topological polar surface area (TPSA) is 71.8 Å². The van der Waals surface area contributed by atoms with Gasteiger partial charge in [-0.1, -0.05) is 11.6 Å². The van der Waals surface area contributed by atoms with Gasteiger partial charge in [-0.2, -0.15) is 0 Å². The number of aliphatic imine (C=N–C) groups is 1. The zero-order valence-corrected chi connectivity index (χ0v) is 16.3. The van der Waals surface area contributed by atoms with E-state index in [0.717, 1.165) is 11.1 Å². The number of rotatable bonds is 6. The molecule has 0 aliphatic rings. The van der Waals surface area contributed by atoms with Crippen molar-refractivity contribution in [2.45, 2.75) is 6.92 Å². The van der Waals surface area contributed by atoms with Crippen LogP contribution in [0.1, 0.15) is 20.9 Å². The molecule has 0 atom stereocenters. The summed E-state index contributed by atoms with van der Waals surface area (Å²) in [5, 5.41) is 10.6. The number of carbonyl (C=O) groups is 1. The van der Waals surface area contributed by atoms with Crippen molar-refractivity contribution in [3.05, 3.63) is 63.6 Å². The van der Waals surface area contributed by atoms with E-state index in [1.807, 2.05) is 6.07 Å². The van der Waals surface area contributed by atoms with Crippen molar-refractivity contribution in [3.63, 3.8) is 0 Å². The molecule has 7 heteroatoms. The maximum absolute atomic E-state index is 12.5. The zero-order chi connectivity index (χ0) is 19.4. The SMILES string of the molecule is COc1cc(Cl)ccc1-c1nc(C)c(C(=O)CN=Cc2ccc(O)cc2)s1. The minimum Gasteiger partial charge on any atom is -0.508 e. The van der Waals surface area contributed by atoms with Crippen LogP contribution in [0.5, 0.6) is 11.5 Å². The number of methoxy groups -OCH3 is 1. The number of ether oxygens (including phenoxy) is 1. The number of phenols is 1. The van der Waals surface area contributed by atoms with E-state index in [1.165, 1.54) is 11.3 Å². The highest BCUT2D eigenvalue weighted by Crippen LogP contribution is 2.36. The monoisotopic (exact) mass is 400 g/mol. The number of hydrogen-bond donors (Lipinski definition) is 1. The van der Waals surface area contributed by atoms with Gasteiger partial charge in [0.1, 0.15) is 23.1 Å². The normalized spacial score (nSPS) is 11.1. The van der Waals surface area contributed by atoms with Crippen molar-refractivity contribution in [1.29, 1.82) is 0 Å². The summed E-state index contributed by atoms with van der Waals surface area (Å²) in [4.78, 5) is 21.8. The third-order valence-electron chi connectivity index (χ3n) is 3.81. The Bertz CT molecular complexity index is 997. The summed E-state index contributed by atoms with van der Waals surface area (Å²) in [5.74, 6) is 0.702. The number of carbonyl (C=O) groups excluding carboxylic acids is 1. The Hall–Kier alpha value is -2.70. The molecule has 27 heavy (non-hydrogen) atoms. The van der Waals surface area contributed by atoms with Crippen molar-refractivity contribution in [3.8, 4) is 22.1 Å². The molecule has 0 unspecified atom stereocenters. The minimum atomic E-state index is -0.0980. The first kappa shape index (κ1) is 19.1. The number of ketones is 1. The van der Waals surface area contributed by atoms with Crippen molar-refractivity contribution in [1.82, 2.24) is 4.98 Å². The van der Waals surface area contributed by atoms with Crippen LogP contribution in [0, 0.1) is 6.92 Å². The summed E-state index contributed by atoms with van der Waals surface area (Å²) in [6.07, 6.45) is 1.61. The number of benzene rings is 2. The molecule has 138 valence electrons. The van der Waals surface area contributed by atoms with E-state index in [2.05, 4.69) is 9.98 Å². The molecular weight excluding hydrogens is 384 g/mol. The molecule has 1 aromatic heterocycles. The van der Waals surface area contributed by atoms with E-state index in [0.29, 0.717) is 26.4 Å². The van der Waals surface area contributed by atoms with Gasteiger partial charge in [0, 0.05) is 11.2 Å². The summed E-state index contributed by atoms with van der Waals surface area (Å²) >= 11 is 7.32. The summed E-state index contributed by atoms with van der Waals surface area (Å²) in [5.41, 5.74) is 2.27. The highest BCUT2D eigenvalue weighted by Gasteiger charge is 2.18. The number of aromatic nitrogens is 1. The molecule has 0 aliphatic carbocycles. The second-order valence-corrected chi connectivity index (χ2v) is 7.20. The number of thiazole rings is 1. The molecule has 1 N–H and O–H groups in total. The Morgan fingerprint density at radius 3 is 2.74 bits per heavy atom. The van der Waals surface area contributed by atoms with E-state index >= 15 is 0 Å². The molecule has 0 amide bonds. The first-order valence-corrected chi connectivity index (χ1v) is 9.31. The summed E-state index contributed by atoms with van der Waals surface area (Å²) in [7, 11) is 1.57. The fraction of sp³-hybridized carbons (Fsp3) is 0.150. The molecule has 5 nitrogen and oxygen atoms in total. The summed E-state index contributed by atoms with van der Waals surface area (Å²) in [6, 6.07) is 11.9. The second-order valence-electron chi connectivity index (χ2n) is 5.76. The molecule has 3 rings (SSSR count). The standard InChI is InChI=1S/C20H17ClN2O3S/c1-12-19(17(25)11-22-10-13-3-6-15(24)7-4-13)27-20(23-12)16-8-5-14(21)9-18(16)26-2/h3-10,24H,11H2,1-2H3. The number of hydrogen-bond acceptors (Lipinski definition) is 6. The molecule has 0 spiro atoms. The predicted octanol–water partition coefficient (Wildman–Crippen LogP) is 4.79. The van der Waals surface area contributed by atoms with Gasteiger partial charge in [-0.05, 0) is 55.0 Å². The molecule has 0 radical (unpaired) electrons. The number of phenolic OH excluding ortho intramolecular Hbond substituents is 1. The van der Waals surface area contributed by atoms with Crippen LogP contribution in [0.3, 0.4) is 0 Å². The Morgan fingerprint density at radius 2 is 2.04 bits per heavy atom. The average molecular weight is 401 g/mol. The lowest BCUT2D eigenvalue weighted by molar-refractivity contribution is 0.100. The number of nitrogens with zero attached hydrogens (tertiary/aromatic N) is 2. The smallest absolute Gasteiger partial charge is 0.196 e. The molecule has 2 aromatic carbocycles. The third kappa shape index (κ3) is 4.53. The fourth-order valence-electron chi connectivity index (χ4n) is 2.48. The van der Waals surface area contributed by atoms with E-state index in [-0.39, 0.29) is 18.1 Å². The first-order valence-electron chi connectivity index (χ1n) is 8.11. The van der Waals surface area contributed by atoms with Crippen LogP contribution in [0.15, 0.2) is 47.5 Å². The number of aryl methyl sites for hydroxylation is 1. The van der Waals surface area contributed by atoms with Gasteiger partial charge in [0.2, 0.25) is 0 Å². The molecule has 0 saturated carbocycles. The number of halogens is 1. The van der Waals surface area contributed by atoms with Crippen LogP contribution in [-0.4, -0.2) is 35.7 Å². The van der Waals surface area contributed by atoms with Crippen LogP contribution in [0.4, 0.5) is 0 Å². The van der Waals surface area contributed by atoms with Crippen LogP contribution in [0.2, 0.25) is 5.02 Å². The lowest BCUT2D eigenvalue weighted by atomic mass is 10.2. The van der Waals surface area contributed by atoms with Crippen LogP contribution in [-0.2, 0) is 0 Å². The molecule has 0 saturated heterocycles.